The first-order valence-corrected chi connectivity index (χ1v) is 12.0. The third-order valence-electron chi connectivity index (χ3n) is 5.02. The van der Waals surface area contributed by atoms with Crippen molar-refractivity contribution in [2.75, 3.05) is 15.9 Å². The molecule has 0 unspecified atom stereocenters. The Morgan fingerprint density at radius 2 is 1.58 bits per heavy atom. The second kappa shape index (κ2) is 9.12. The van der Waals surface area contributed by atoms with Gasteiger partial charge in [0, 0.05) is 16.3 Å². The highest BCUT2D eigenvalue weighted by Crippen LogP contribution is 2.26. The van der Waals surface area contributed by atoms with E-state index in [-0.39, 0.29) is 12.5 Å². The minimum absolute atomic E-state index is 0.179. The van der Waals surface area contributed by atoms with Gasteiger partial charge in [0.15, 0.2) is 0 Å². The average molecular weight is 457 g/mol. The van der Waals surface area contributed by atoms with Gasteiger partial charge in [-0.2, -0.15) is 0 Å². The Morgan fingerprint density at radius 3 is 2.23 bits per heavy atom. The van der Waals surface area contributed by atoms with E-state index >= 15 is 0 Å². The van der Waals surface area contributed by atoms with E-state index in [2.05, 4.69) is 5.32 Å². The zero-order valence-electron chi connectivity index (χ0n) is 17.9. The van der Waals surface area contributed by atoms with E-state index < -0.39 is 10.0 Å². The molecule has 3 aromatic rings. The lowest BCUT2D eigenvalue weighted by molar-refractivity contribution is 0.102. The number of rotatable bonds is 6. The van der Waals surface area contributed by atoms with E-state index in [1.807, 2.05) is 45.0 Å². The lowest BCUT2D eigenvalue weighted by atomic mass is 10.1. The van der Waals surface area contributed by atoms with Crippen molar-refractivity contribution in [3.63, 3.8) is 0 Å². The number of hydrogen-bond donors (Lipinski definition) is 1. The molecule has 0 aliphatic rings. The molecule has 0 fully saturated rings. The SMILES string of the molecule is Cc1ccc(C)c(N(Cc2ccc(C(=O)Nc3cc(Cl)ccc3C)cc2)S(C)(=O)=O)c1. The molecule has 0 saturated heterocycles. The van der Waals surface area contributed by atoms with Gasteiger partial charge in [-0.15, -0.1) is 0 Å². The van der Waals surface area contributed by atoms with Crippen molar-refractivity contribution < 1.29 is 13.2 Å². The van der Waals surface area contributed by atoms with E-state index in [0.29, 0.717) is 22.0 Å². The van der Waals surface area contributed by atoms with Crippen LogP contribution >= 0.6 is 11.6 Å². The zero-order valence-corrected chi connectivity index (χ0v) is 19.5. The molecule has 0 atom stereocenters. The molecule has 0 aromatic heterocycles. The Hall–Kier alpha value is -2.83. The molecule has 0 bridgehead atoms. The van der Waals surface area contributed by atoms with Gasteiger partial charge in [-0.25, -0.2) is 8.42 Å². The Balaban J connectivity index is 1.82. The monoisotopic (exact) mass is 456 g/mol. The fraction of sp³-hybridized carbons (Fsp3) is 0.208. The predicted molar refractivity (Wildman–Crippen MR) is 128 cm³/mol. The van der Waals surface area contributed by atoms with Crippen LogP contribution in [0.15, 0.2) is 60.7 Å². The third kappa shape index (κ3) is 5.66. The number of carbonyl (C=O) groups is 1. The minimum atomic E-state index is -3.49. The lowest BCUT2D eigenvalue weighted by Crippen LogP contribution is -2.30. The molecule has 1 amide bonds. The summed E-state index contributed by atoms with van der Waals surface area (Å²) in [6, 6.07) is 18.0. The normalized spacial score (nSPS) is 11.3. The van der Waals surface area contributed by atoms with Gasteiger partial charge in [0.25, 0.3) is 5.91 Å². The van der Waals surface area contributed by atoms with Crippen LogP contribution in [-0.2, 0) is 16.6 Å². The number of amides is 1. The average Bonchev–Trinajstić information content (AvgIpc) is 2.70. The van der Waals surface area contributed by atoms with Crippen LogP contribution in [0.1, 0.15) is 32.6 Å². The number of nitrogens with zero attached hydrogens (tertiary/aromatic N) is 1. The first-order valence-electron chi connectivity index (χ1n) is 9.76. The van der Waals surface area contributed by atoms with Crippen LogP contribution in [0.4, 0.5) is 11.4 Å². The first kappa shape index (κ1) is 22.8. The number of nitrogens with one attached hydrogen (secondary N) is 1. The van der Waals surface area contributed by atoms with Crippen molar-refractivity contribution in [1.29, 1.82) is 0 Å². The maximum absolute atomic E-state index is 12.6. The summed E-state index contributed by atoms with van der Waals surface area (Å²) in [5.74, 6) is -0.258. The fourth-order valence-corrected chi connectivity index (χ4v) is 4.33. The molecule has 5 nitrogen and oxygen atoms in total. The van der Waals surface area contributed by atoms with E-state index in [0.717, 1.165) is 22.3 Å². The van der Waals surface area contributed by atoms with Crippen LogP contribution in [0.3, 0.4) is 0 Å². The molecule has 0 aliphatic heterocycles. The topological polar surface area (TPSA) is 66.5 Å². The standard InChI is InChI=1S/C24H25ClN2O3S/c1-16-5-6-18(3)23(13-16)27(31(4,29)30)15-19-8-10-20(11-9-19)24(28)26-22-14-21(25)12-7-17(22)2/h5-14H,15H2,1-4H3,(H,26,28). The molecule has 0 heterocycles. The minimum Gasteiger partial charge on any atom is -0.322 e. The van der Waals surface area contributed by atoms with Gasteiger partial charge in [0.1, 0.15) is 0 Å². The Morgan fingerprint density at radius 1 is 0.935 bits per heavy atom. The molecule has 1 N–H and O–H groups in total. The molecule has 7 heteroatoms. The summed E-state index contributed by atoms with van der Waals surface area (Å²) in [5, 5.41) is 3.41. The van der Waals surface area contributed by atoms with Gasteiger partial charge in [0.2, 0.25) is 10.0 Å². The smallest absolute Gasteiger partial charge is 0.255 e. The molecule has 3 rings (SSSR count). The van der Waals surface area contributed by atoms with Crippen LogP contribution in [0, 0.1) is 20.8 Å². The molecule has 0 spiro atoms. The summed E-state index contributed by atoms with van der Waals surface area (Å²) in [6.45, 7) is 5.89. The molecule has 0 saturated carbocycles. The zero-order chi connectivity index (χ0) is 22.8. The maximum Gasteiger partial charge on any atom is 0.255 e. The summed E-state index contributed by atoms with van der Waals surface area (Å²) < 4.78 is 26.4. The highest BCUT2D eigenvalue weighted by Gasteiger charge is 2.20. The van der Waals surface area contributed by atoms with Crippen LogP contribution in [0.2, 0.25) is 5.02 Å². The van der Waals surface area contributed by atoms with Crippen LogP contribution in [0.5, 0.6) is 0 Å². The molecule has 3 aromatic carbocycles. The fourth-order valence-electron chi connectivity index (χ4n) is 3.22. The van der Waals surface area contributed by atoms with Gasteiger partial charge in [-0.3, -0.25) is 9.10 Å². The van der Waals surface area contributed by atoms with Crippen molar-refractivity contribution in [3.8, 4) is 0 Å². The van der Waals surface area contributed by atoms with Gasteiger partial charge in [-0.1, -0.05) is 41.9 Å². The van der Waals surface area contributed by atoms with Gasteiger partial charge >= 0.3 is 0 Å². The van der Waals surface area contributed by atoms with E-state index in [9.17, 15) is 13.2 Å². The molecular weight excluding hydrogens is 432 g/mol. The number of aryl methyl sites for hydroxylation is 3. The van der Waals surface area contributed by atoms with E-state index in [1.165, 1.54) is 10.6 Å². The number of anilines is 2. The summed E-state index contributed by atoms with van der Waals surface area (Å²) in [5.41, 5.74) is 5.33. The quantitative estimate of drug-likeness (QED) is 0.533. The highest BCUT2D eigenvalue weighted by molar-refractivity contribution is 7.92. The van der Waals surface area contributed by atoms with Crippen LogP contribution in [0.25, 0.3) is 0 Å². The van der Waals surface area contributed by atoms with Gasteiger partial charge < -0.3 is 5.32 Å². The molecule has 0 radical (unpaired) electrons. The van der Waals surface area contributed by atoms with E-state index in [4.69, 9.17) is 11.6 Å². The number of benzene rings is 3. The van der Waals surface area contributed by atoms with Crippen LogP contribution < -0.4 is 9.62 Å². The Bertz CT molecular complexity index is 1220. The Labute approximate surface area is 188 Å². The highest BCUT2D eigenvalue weighted by atomic mass is 35.5. The summed E-state index contributed by atoms with van der Waals surface area (Å²) >= 11 is 6.02. The Kier molecular flexibility index (Phi) is 6.72. The molecule has 162 valence electrons. The lowest BCUT2D eigenvalue weighted by Gasteiger charge is -2.25. The van der Waals surface area contributed by atoms with E-state index in [1.54, 1.807) is 36.4 Å². The second-order valence-corrected chi connectivity index (χ2v) is 10.0. The van der Waals surface area contributed by atoms with Crippen molar-refractivity contribution in [2.45, 2.75) is 27.3 Å². The van der Waals surface area contributed by atoms with Gasteiger partial charge in [0.05, 0.1) is 18.5 Å². The molecule has 31 heavy (non-hydrogen) atoms. The number of hydrogen-bond acceptors (Lipinski definition) is 3. The predicted octanol–water partition coefficient (Wildman–Crippen LogP) is 5.48. The summed E-state index contributed by atoms with van der Waals surface area (Å²) in [7, 11) is -3.49. The van der Waals surface area contributed by atoms with Gasteiger partial charge in [-0.05, 0) is 73.4 Å². The van der Waals surface area contributed by atoms with Crippen LogP contribution in [-0.4, -0.2) is 20.6 Å². The summed E-state index contributed by atoms with van der Waals surface area (Å²) in [6.07, 6.45) is 1.20. The molecule has 0 aliphatic carbocycles. The maximum atomic E-state index is 12.6. The largest absolute Gasteiger partial charge is 0.322 e. The number of halogens is 1. The van der Waals surface area contributed by atoms with Crippen molar-refractivity contribution in [1.82, 2.24) is 0 Å². The number of carbonyl (C=O) groups excluding carboxylic acids is 1. The first-order chi connectivity index (χ1) is 14.5. The summed E-state index contributed by atoms with van der Waals surface area (Å²) in [4.78, 5) is 12.6. The molecular formula is C24H25ClN2O3S. The number of sulfonamides is 1. The van der Waals surface area contributed by atoms with Crippen molar-refractivity contribution >= 4 is 38.9 Å². The second-order valence-electron chi connectivity index (χ2n) is 7.67. The van der Waals surface area contributed by atoms with Crippen molar-refractivity contribution in [3.05, 3.63) is 93.5 Å². The van der Waals surface area contributed by atoms with Crippen molar-refractivity contribution in [2.24, 2.45) is 0 Å². The third-order valence-corrected chi connectivity index (χ3v) is 6.39.